The Kier molecular flexibility index (Phi) is 6.97. The van der Waals surface area contributed by atoms with Crippen molar-refractivity contribution in [3.63, 3.8) is 0 Å². The Morgan fingerprint density at radius 1 is 1.31 bits per heavy atom. The fourth-order valence-electron chi connectivity index (χ4n) is 3.84. The minimum absolute atomic E-state index is 0.0965. The number of hydrogen-bond acceptors (Lipinski definition) is 9. The molecule has 1 fully saturated rings. The van der Waals surface area contributed by atoms with Crippen LogP contribution < -0.4 is 14.8 Å². The summed E-state index contributed by atoms with van der Waals surface area (Å²) < 4.78 is 11.9. The van der Waals surface area contributed by atoms with Crippen molar-refractivity contribution in [1.82, 2.24) is 24.8 Å². The predicted molar refractivity (Wildman–Crippen MR) is 139 cm³/mol. The molecule has 0 radical (unpaired) electrons. The number of nitrogens with zero attached hydrogens (tertiary/aromatic N) is 5. The van der Waals surface area contributed by atoms with Crippen LogP contribution in [0.25, 0.3) is 11.0 Å². The van der Waals surface area contributed by atoms with Gasteiger partial charge in [-0.15, -0.1) is 11.3 Å². The molecular formula is C25H23ClN6O3S. The van der Waals surface area contributed by atoms with Crippen molar-refractivity contribution < 1.29 is 14.3 Å². The van der Waals surface area contributed by atoms with Gasteiger partial charge in [0.15, 0.2) is 5.82 Å². The molecule has 0 unspecified atom stereocenters. The summed E-state index contributed by atoms with van der Waals surface area (Å²) >= 11 is 8.05. The number of rotatable bonds is 8. The van der Waals surface area contributed by atoms with Crippen LogP contribution in [-0.2, 0) is 11.4 Å². The van der Waals surface area contributed by atoms with Crippen molar-refractivity contribution in [3.8, 4) is 11.6 Å². The summed E-state index contributed by atoms with van der Waals surface area (Å²) in [6.45, 7) is 7.03. The molecule has 36 heavy (non-hydrogen) atoms. The summed E-state index contributed by atoms with van der Waals surface area (Å²) in [5.74, 6) is 1.43. The molecule has 0 spiro atoms. The molecular weight excluding hydrogens is 500 g/mol. The first-order valence-electron chi connectivity index (χ1n) is 11.3. The molecule has 0 saturated carbocycles. The number of amides is 1. The van der Waals surface area contributed by atoms with E-state index in [0.717, 1.165) is 22.0 Å². The lowest BCUT2D eigenvalue weighted by molar-refractivity contribution is -0.125. The Morgan fingerprint density at radius 3 is 2.97 bits per heavy atom. The zero-order valence-corrected chi connectivity index (χ0v) is 21.1. The Balaban J connectivity index is 1.30. The van der Waals surface area contributed by atoms with Gasteiger partial charge < -0.3 is 19.7 Å². The summed E-state index contributed by atoms with van der Waals surface area (Å²) in [4.78, 5) is 32.3. The number of fused-ring (bicyclic) bond motifs is 1. The maximum absolute atomic E-state index is 11.8. The van der Waals surface area contributed by atoms with Gasteiger partial charge in [-0.3, -0.25) is 4.79 Å². The molecule has 1 aromatic carbocycles. The molecule has 1 aliphatic rings. The van der Waals surface area contributed by atoms with Crippen molar-refractivity contribution in [2.45, 2.75) is 26.1 Å². The van der Waals surface area contributed by atoms with E-state index in [-0.39, 0.29) is 12.0 Å². The summed E-state index contributed by atoms with van der Waals surface area (Å²) in [6.07, 6.45) is 5.20. The van der Waals surface area contributed by atoms with Gasteiger partial charge in [0, 0.05) is 35.8 Å². The van der Waals surface area contributed by atoms with Gasteiger partial charge in [-0.2, -0.15) is 0 Å². The first-order chi connectivity index (χ1) is 17.5. The van der Waals surface area contributed by atoms with Crippen LogP contribution in [0.2, 0.25) is 5.02 Å². The number of nitrogens with one attached hydrogen (secondary N) is 1. The van der Waals surface area contributed by atoms with Crippen LogP contribution in [0.4, 0.5) is 11.5 Å². The lowest BCUT2D eigenvalue weighted by Gasteiger charge is -2.15. The third kappa shape index (κ3) is 5.39. The van der Waals surface area contributed by atoms with Gasteiger partial charge in [-0.1, -0.05) is 18.2 Å². The minimum Gasteiger partial charge on any atom is -0.485 e. The Morgan fingerprint density at radius 2 is 2.19 bits per heavy atom. The van der Waals surface area contributed by atoms with Gasteiger partial charge in [0.05, 0.1) is 17.1 Å². The first kappa shape index (κ1) is 24.0. The molecule has 4 aromatic rings. The van der Waals surface area contributed by atoms with Gasteiger partial charge in [0.1, 0.15) is 35.3 Å². The summed E-state index contributed by atoms with van der Waals surface area (Å²) in [5.41, 5.74) is 1.95. The highest BCUT2D eigenvalue weighted by molar-refractivity contribution is 7.11. The number of pyridine rings is 1. The molecule has 1 amide bonds. The smallest absolute Gasteiger partial charge is 0.246 e. The maximum atomic E-state index is 11.8. The van der Waals surface area contributed by atoms with Crippen molar-refractivity contribution >= 4 is 51.4 Å². The molecule has 1 saturated heterocycles. The van der Waals surface area contributed by atoms with E-state index < -0.39 is 0 Å². The number of likely N-dealkylation sites (tertiary alicyclic amines) is 1. The summed E-state index contributed by atoms with van der Waals surface area (Å²) in [7, 11) is 0. The predicted octanol–water partition coefficient (Wildman–Crippen LogP) is 4.93. The van der Waals surface area contributed by atoms with Crippen molar-refractivity contribution in [3.05, 3.63) is 70.4 Å². The number of benzene rings is 1. The molecule has 3 aromatic heterocycles. The van der Waals surface area contributed by atoms with Gasteiger partial charge in [0.2, 0.25) is 11.8 Å². The van der Waals surface area contributed by atoms with Crippen molar-refractivity contribution in [2.75, 3.05) is 18.4 Å². The highest BCUT2D eigenvalue weighted by atomic mass is 35.5. The van der Waals surface area contributed by atoms with Crippen LogP contribution in [-0.4, -0.2) is 49.9 Å². The SMILES string of the molecule is C=CC(=O)N1CC[C@H](Oc2ccc3ncnc(Nc4ccc(OCc5ncc(C)s5)c(Cl)c4)c3n2)C1. The number of aromatic nitrogens is 4. The van der Waals surface area contributed by atoms with Crippen LogP contribution >= 0.6 is 22.9 Å². The molecule has 0 bridgehead atoms. The highest BCUT2D eigenvalue weighted by Crippen LogP contribution is 2.31. The van der Waals surface area contributed by atoms with Crippen molar-refractivity contribution in [1.29, 1.82) is 0 Å². The number of carbonyl (C=O) groups is 1. The molecule has 1 N–H and O–H groups in total. The van der Waals surface area contributed by atoms with E-state index in [2.05, 4.69) is 31.8 Å². The third-order valence-electron chi connectivity index (χ3n) is 5.59. The van der Waals surface area contributed by atoms with Crippen LogP contribution in [0.3, 0.4) is 0 Å². The second-order valence-corrected chi connectivity index (χ2v) is 9.91. The molecule has 4 heterocycles. The quantitative estimate of drug-likeness (QED) is 0.325. The number of ether oxygens (including phenoxy) is 2. The fourth-order valence-corrected chi connectivity index (χ4v) is 4.78. The summed E-state index contributed by atoms with van der Waals surface area (Å²) in [5, 5.41) is 4.61. The number of anilines is 2. The number of aryl methyl sites for hydroxylation is 1. The molecule has 5 rings (SSSR count). The zero-order valence-electron chi connectivity index (χ0n) is 19.5. The minimum atomic E-state index is -0.139. The van der Waals surface area contributed by atoms with E-state index in [1.165, 1.54) is 12.4 Å². The van der Waals surface area contributed by atoms with Crippen LogP contribution in [0.15, 0.2) is 55.5 Å². The molecule has 1 atom stereocenters. The molecule has 184 valence electrons. The number of carbonyl (C=O) groups excluding carboxylic acids is 1. The first-order valence-corrected chi connectivity index (χ1v) is 12.5. The average Bonchev–Trinajstić information content (AvgIpc) is 3.52. The van der Waals surface area contributed by atoms with E-state index in [4.69, 9.17) is 21.1 Å². The zero-order chi connectivity index (χ0) is 25.1. The molecule has 0 aliphatic carbocycles. The van der Waals surface area contributed by atoms with Gasteiger partial charge in [-0.25, -0.2) is 19.9 Å². The van der Waals surface area contributed by atoms with E-state index in [1.807, 2.05) is 25.3 Å². The molecule has 11 heteroatoms. The molecule has 1 aliphatic heterocycles. The Hall–Kier alpha value is -3.76. The number of thiazole rings is 1. The Bertz CT molecular complexity index is 1430. The van der Waals surface area contributed by atoms with E-state index >= 15 is 0 Å². The second kappa shape index (κ2) is 10.5. The normalized spacial score (nSPS) is 15.2. The van der Waals surface area contributed by atoms with Gasteiger partial charge in [0.25, 0.3) is 0 Å². The topological polar surface area (TPSA) is 102 Å². The largest absolute Gasteiger partial charge is 0.485 e. The Labute approximate surface area is 216 Å². The van der Waals surface area contributed by atoms with E-state index in [0.29, 0.717) is 53.2 Å². The van der Waals surface area contributed by atoms with Crippen LogP contribution in [0.5, 0.6) is 11.6 Å². The fraction of sp³-hybridized carbons (Fsp3) is 0.240. The maximum Gasteiger partial charge on any atom is 0.246 e. The highest BCUT2D eigenvalue weighted by Gasteiger charge is 2.26. The van der Waals surface area contributed by atoms with Crippen LogP contribution in [0.1, 0.15) is 16.3 Å². The summed E-state index contributed by atoms with van der Waals surface area (Å²) in [6, 6.07) is 9.02. The monoisotopic (exact) mass is 522 g/mol. The van der Waals surface area contributed by atoms with Crippen LogP contribution in [0, 0.1) is 6.92 Å². The lowest BCUT2D eigenvalue weighted by Crippen LogP contribution is -2.29. The van der Waals surface area contributed by atoms with Gasteiger partial charge >= 0.3 is 0 Å². The standard InChI is InChI=1S/C25H23ClN6O3S/c1-3-23(33)32-9-8-17(12-32)35-21-7-5-19-24(31-21)25(29-14-28-19)30-16-4-6-20(18(26)10-16)34-13-22-27-11-15(2)36-22/h3-7,10-11,14,17H,1,8-9,12-13H2,2H3,(H,28,29,30)/t17-/m0/s1. The van der Waals surface area contributed by atoms with E-state index in [9.17, 15) is 4.79 Å². The third-order valence-corrected chi connectivity index (χ3v) is 6.77. The number of halogens is 1. The van der Waals surface area contributed by atoms with E-state index in [1.54, 1.807) is 34.4 Å². The van der Waals surface area contributed by atoms with Gasteiger partial charge in [-0.05, 0) is 37.3 Å². The average molecular weight is 523 g/mol. The molecule has 9 nitrogen and oxygen atoms in total. The second-order valence-electron chi connectivity index (χ2n) is 8.18. The lowest BCUT2D eigenvalue weighted by atomic mass is 10.3. The van der Waals surface area contributed by atoms with Crippen molar-refractivity contribution in [2.24, 2.45) is 0 Å². The number of hydrogen-bond donors (Lipinski definition) is 1.